The number of carbonyl (C=O) groups is 1. The molecule has 0 saturated carbocycles. The first-order chi connectivity index (χ1) is 8.28. The number of nitrogens with one attached hydrogen (secondary N) is 2. The second-order valence-corrected chi connectivity index (χ2v) is 4.20. The Morgan fingerprint density at radius 2 is 2.47 bits per heavy atom. The highest BCUT2D eigenvalue weighted by Crippen LogP contribution is 2.10. The molecule has 5 nitrogen and oxygen atoms in total. The summed E-state index contributed by atoms with van der Waals surface area (Å²) in [4.78, 5) is 17.9. The lowest BCUT2D eigenvalue weighted by Crippen LogP contribution is -2.32. The standard InChI is InChI=1S/C12H18N4O/c1-13-10-3-5-14-11(7-10)8-16-6-2-4-15-12(17)9-16/h3,5,7H,2,4,6,8-9H2,1H3,(H,13,14)(H,15,17). The molecule has 1 amide bonds. The summed E-state index contributed by atoms with van der Waals surface area (Å²) in [6.07, 6.45) is 2.79. The topological polar surface area (TPSA) is 57.3 Å². The highest BCUT2D eigenvalue weighted by atomic mass is 16.2. The molecule has 17 heavy (non-hydrogen) atoms. The fourth-order valence-electron chi connectivity index (χ4n) is 1.95. The van der Waals surface area contributed by atoms with Crippen LogP contribution in [0, 0.1) is 0 Å². The van der Waals surface area contributed by atoms with Gasteiger partial charge < -0.3 is 10.6 Å². The molecule has 1 aliphatic heterocycles. The minimum absolute atomic E-state index is 0.104. The van der Waals surface area contributed by atoms with Gasteiger partial charge in [-0.3, -0.25) is 14.7 Å². The van der Waals surface area contributed by atoms with E-state index in [0.717, 1.165) is 37.4 Å². The van der Waals surface area contributed by atoms with Crippen LogP contribution in [0.1, 0.15) is 12.1 Å². The van der Waals surface area contributed by atoms with Crippen molar-refractivity contribution in [2.45, 2.75) is 13.0 Å². The quantitative estimate of drug-likeness (QED) is 0.797. The van der Waals surface area contributed by atoms with Gasteiger partial charge in [0.15, 0.2) is 0 Å². The molecule has 0 aliphatic carbocycles. The van der Waals surface area contributed by atoms with Crippen molar-refractivity contribution in [3.63, 3.8) is 0 Å². The summed E-state index contributed by atoms with van der Waals surface area (Å²) in [5.74, 6) is 0.104. The molecular weight excluding hydrogens is 216 g/mol. The Kier molecular flexibility index (Phi) is 3.93. The predicted octanol–water partition coefficient (Wildman–Crippen LogP) is 0.445. The Labute approximate surface area is 101 Å². The van der Waals surface area contributed by atoms with Crippen LogP contribution in [0.4, 0.5) is 5.69 Å². The van der Waals surface area contributed by atoms with Crippen molar-refractivity contribution in [1.29, 1.82) is 0 Å². The summed E-state index contributed by atoms with van der Waals surface area (Å²) in [7, 11) is 1.89. The van der Waals surface area contributed by atoms with Gasteiger partial charge in [0.2, 0.25) is 5.91 Å². The molecule has 1 fully saturated rings. The Hall–Kier alpha value is -1.62. The number of anilines is 1. The second-order valence-electron chi connectivity index (χ2n) is 4.20. The number of aromatic nitrogens is 1. The first-order valence-corrected chi connectivity index (χ1v) is 5.89. The van der Waals surface area contributed by atoms with Gasteiger partial charge in [-0.2, -0.15) is 0 Å². The normalized spacial score (nSPS) is 17.4. The number of rotatable bonds is 3. The van der Waals surface area contributed by atoms with Gasteiger partial charge in [-0.1, -0.05) is 0 Å². The Morgan fingerprint density at radius 1 is 1.59 bits per heavy atom. The molecule has 0 aromatic carbocycles. The summed E-state index contributed by atoms with van der Waals surface area (Å²) >= 11 is 0. The van der Waals surface area contributed by atoms with Crippen molar-refractivity contribution in [3.05, 3.63) is 24.0 Å². The van der Waals surface area contributed by atoms with E-state index >= 15 is 0 Å². The van der Waals surface area contributed by atoms with Gasteiger partial charge >= 0.3 is 0 Å². The average molecular weight is 234 g/mol. The second kappa shape index (κ2) is 5.63. The molecule has 5 heteroatoms. The summed E-state index contributed by atoms with van der Waals surface area (Å²) in [6.45, 7) is 2.90. The van der Waals surface area contributed by atoms with E-state index in [1.54, 1.807) is 6.20 Å². The van der Waals surface area contributed by atoms with E-state index in [1.165, 1.54) is 0 Å². The van der Waals surface area contributed by atoms with Crippen molar-refractivity contribution in [3.8, 4) is 0 Å². The van der Waals surface area contributed by atoms with Crippen LogP contribution < -0.4 is 10.6 Å². The zero-order valence-electron chi connectivity index (χ0n) is 10.1. The van der Waals surface area contributed by atoms with Crippen molar-refractivity contribution < 1.29 is 4.79 Å². The van der Waals surface area contributed by atoms with Gasteiger partial charge in [-0.25, -0.2) is 0 Å². The molecule has 1 aromatic rings. The molecule has 2 heterocycles. The summed E-state index contributed by atoms with van der Waals surface area (Å²) in [6, 6.07) is 3.95. The maximum absolute atomic E-state index is 11.4. The highest BCUT2D eigenvalue weighted by Gasteiger charge is 2.14. The number of pyridine rings is 1. The molecule has 0 unspecified atom stereocenters. The van der Waals surface area contributed by atoms with E-state index in [2.05, 4.69) is 20.5 Å². The fourth-order valence-corrected chi connectivity index (χ4v) is 1.95. The van der Waals surface area contributed by atoms with E-state index in [1.807, 2.05) is 19.2 Å². The zero-order valence-corrected chi connectivity index (χ0v) is 10.1. The Bertz CT molecular complexity index is 394. The number of amides is 1. The van der Waals surface area contributed by atoms with Crippen LogP contribution >= 0.6 is 0 Å². The average Bonchev–Trinajstić information content (AvgIpc) is 2.54. The third-order valence-electron chi connectivity index (χ3n) is 2.83. The molecular formula is C12H18N4O. The van der Waals surface area contributed by atoms with Crippen LogP contribution in [0.15, 0.2) is 18.3 Å². The van der Waals surface area contributed by atoms with Crippen molar-refractivity contribution in [2.75, 3.05) is 32.0 Å². The number of nitrogens with zero attached hydrogens (tertiary/aromatic N) is 2. The van der Waals surface area contributed by atoms with Crippen LogP contribution in [0.2, 0.25) is 0 Å². The molecule has 2 N–H and O–H groups in total. The number of carbonyl (C=O) groups excluding carboxylic acids is 1. The highest BCUT2D eigenvalue weighted by molar-refractivity contribution is 5.78. The largest absolute Gasteiger partial charge is 0.388 e. The third-order valence-corrected chi connectivity index (χ3v) is 2.83. The Morgan fingerprint density at radius 3 is 3.29 bits per heavy atom. The maximum Gasteiger partial charge on any atom is 0.234 e. The van der Waals surface area contributed by atoms with E-state index in [4.69, 9.17) is 0 Å². The van der Waals surface area contributed by atoms with Gasteiger partial charge in [-0.15, -0.1) is 0 Å². The molecule has 92 valence electrons. The van der Waals surface area contributed by atoms with Gasteiger partial charge in [-0.05, 0) is 18.6 Å². The molecule has 0 atom stereocenters. The van der Waals surface area contributed by atoms with E-state index < -0.39 is 0 Å². The van der Waals surface area contributed by atoms with Gasteiger partial charge in [0.1, 0.15) is 0 Å². The third kappa shape index (κ3) is 3.42. The van der Waals surface area contributed by atoms with E-state index in [-0.39, 0.29) is 5.91 Å². The van der Waals surface area contributed by atoms with E-state index in [9.17, 15) is 4.79 Å². The van der Waals surface area contributed by atoms with Crippen molar-refractivity contribution in [1.82, 2.24) is 15.2 Å². The molecule has 1 aromatic heterocycles. The minimum atomic E-state index is 0.104. The maximum atomic E-state index is 11.4. The molecule has 0 bridgehead atoms. The first-order valence-electron chi connectivity index (χ1n) is 5.89. The van der Waals surface area contributed by atoms with Gasteiger partial charge in [0.05, 0.1) is 12.2 Å². The number of hydrogen-bond acceptors (Lipinski definition) is 4. The zero-order chi connectivity index (χ0) is 12.1. The molecule has 1 saturated heterocycles. The van der Waals surface area contributed by atoms with Crippen LogP contribution in [0.5, 0.6) is 0 Å². The molecule has 2 rings (SSSR count). The summed E-state index contributed by atoms with van der Waals surface area (Å²) in [5.41, 5.74) is 2.04. The number of hydrogen-bond donors (Lipinski definition) is 2. The van der Waals surface area contributed by atoms with Gasteiger partial charge in [0, 0.05) is 38.6 Å². The first kappa shape index (κ1) is 11.9. The lowest BCUT2D eigenvalue weighted by atomic mass is 10.3. The van der Waals surface area contributed by atoms with Crippen LogP contribution in [0.3, 0.4) is 0 Å². The van der Waals surface area contributed by atoms with Crippen LogP contribution in [0.25, 0.3) is 0 Å². The fraction of sp³-hybridized carbons (Fsp3) is 0.500. The minimum Gasteiger partial charge on any atom is -0.388 e. The molecule has 0 spiro atoms. The smallest absolute Gasteiger partial charge is 0.234 e. The lowest BCUT2D eigenvalue weighted by Gasteiger charge is -2.18. The Balaban J connectivity index is 2.00. The van der Waals surface area contributed by atoms with Crippen molar-refractivity contribution >= 4 is 11.6 Å². The molecule has 1 aliphatic rings. The summed E-state index contributed by atoms with van der Waals surface area (Å²) in [5, 5.41) is 5.96. The predicted molar refractivity (Wildman–Crippen MR) is 66.7 cm³/mol. The monoisotopic (exact) mass is 234 g/mol. The van der Waals surface area contributed by atoms with Crippen LogP contribution in [-0.2, 0) is 11.3 Å². The molecule has 0 radical (unpaired) electrons. The lowest BCUT2D eigenvalue weighted by molar-refractivity contribution is -0.121. The van der Waals surface area contributed by atoms with Gasteiger partial charge in [0.25, 0.3) is 0 Å². The van der Waals surface area contributed by atoms with Crippen molar-refractivity contribution in [2.24, 2.45) is 0 Å². The van der Waals surface area contributed by atoms with Crippen LogP contribution in [-0.4, -0.2) is 42.5 Å². The van der Waals surface area contributed by atoms with E-state index in [0.29, 0.717) is 6.54 Å². The SMILES string of the molecule is CNc1ccnc(CN2CCCNC(=O)C2)c1. The summed E-state index contributed by atoms with van der Waals surface area (Å²) < 4.78 is 0.